The largest absolute Gasteiger partial charge is 0.490 e. The number of hydrogen-bond donors (Lipinski definition) is 1. The molecule has 0 heterocycles. The van der Waals surface area contributed by atoms with Gasteiger partial charge >= 0.3 is 0 Å². The maximum Gasteiger partial charge on any atom is 0.119 e. The molecule has 0 amide bonds. The molecule has 1 saturated carbocycles. The highest BCUT2D eigenvalue weighted by molar-refractivity contribution is 5.65. The van der Waals surface area contributed by atoms with Gasteiger partial charge in [0.1, 0.15) is 5.75 Å². The van der Waals surface area contributed by atoms with E-state index >= 15 is 0 Å². The van der Waals surface area contributed by atoms with Crippen molar-refractivity contribution in [2.45, 2.75) is 38.8 Å². The fourth-order valence-electron chi connectivity index (χ4n) is 2.52. The van der Waals surface area contributed by atoms with Crippen LogP contribution in [0.25, 0.3) is 11.1 Å². The van der Waals surface area contributed by atoms with Gasteiger partial charge in [0, 0.05) is 6.04 Å². The Morgan fingerprint density at radius 1 is 1.10 bits per heavy atom. The third-order valence-electron chi connectivity index (χ3n) is 3.91. The van der Waals surface area contributed by atoms with Crippen LogP contribution in [0.5, 0.6) is 5.75 Å². The lowest BCUT2D eigenvalue weighted by Gasteiger charge is -2.14. The molecule has 1 fully saturated rings. The summed E-state index contributed by atoms with van der Waals surface area (Å²) in [6.45, 7) is 5.33. The van der Waals surface area contributed by atoms with E-state index in [1.165, 1.54) is 29.5 Å². The van der Waals surface area contributed by atoms with Crippen molar-refractivity contribution in [3.05, 3.63) is 54.1 Å². The average Bonchev–Trinajstić information content (AvgIpc) is 3.32. The fraction of sp³-hybridized carbons (Fsp3) is 0.368. The van der Waals surface area contributed by atoms with Crippen molar-refractivity contribution in [3.63, 3.8) is 0 Å². The first kappa shape index (κ1) is 14.2. The summed E-state index contributed by atoms with van der Waals surface area (Å²) in [4.78, 5) is 0. The molecule has 2 heteroatoms. The monoisotopic (exact) mass is 281 g/mol. The topological polar surface area (TPSA) is 21.3 Å². The first-order chi connectivity index (χ1) is 10.3. The summed E-state index contributed by atoms with van der Waals surface area (Å²) in [6.07, 6.45) is 2.86. The lowest BCUT2D eigenvalue weighted by Crippen LogP contribution is -2.17. The van der Waals surface area contributed by atoms with Crippen molar-refractivity contribution in [3.8, 4) is 16.9 Å². The Hall–Kier alpha value is -1.80. The van der Waals surface area contributed by atoms with Gasteiger partial charge in [-0.25, -0.2) is 0 Å². The minimum Gasteiger partial charge on any atom is -0.490 e. The first-order valence-corrected chi connectivity index (χ1v) is 7.86. The highest BCUT2D eigenvalue weighted by atomic mass is 16.5. The van der Waals surface area contributed by atoms with E-state index in [2.05, 4.69) is 67.7 Å². The molecule has 0 aromatic heterocycles. The first-order valence-electron chi connectivity index (χ1n) is 7.86. The summed E-state index contributed by atoms with van der Waals surface area (Å²) in [5, 5.41) is 3.46. The van der Waals surface area contributed by atoms with E-state index in [0.29, 0.717) is 12.1 Å². The summed E-state index contributed by atoms with van der Waals surface area (Å²) >= 11 is 0. The third-order valence-corrected chi connectivity index (χ3v) is 3.91. The van der Waals surface area contributed by atoms with Crippen LogP contribution in [-0.2, 0) is 0 Å². The van der Waals surface area contributed by atoms with Gasteiger partial charge in [-0.15, -0.1) is 0 Å². The standard InChI is InChI=1S/C19H23NO/c1-3-20-14(2)16-5-4-6-17(13-16)15-7-9-18(10-8-15)21-19-11-12-19/h4-10,13-14,19-20H,3,11-12H2,1-2H3. The smallest absolute Gasteiger partial charge is 0.119 e. The van der Waals surface area contributed by atoms with Crippen LogP contribution in [0.2, 0.25) is 0 Å². The van der Waals surface area contributed by atoms with Gasteiger partial charge in [0.25, 0.3) is 0 Å². The number of rotatable bonds is 6. The van der Waals surface area contributed by atoms with Crippen molar-refractivity contribution in [2.75, 3.05) is 6.54 Å². The number of benzene rings is 2. The minimum atomic E-state index is 0.382. The lowest BCUT2D eigenvalue weighted by atomic mass is 10.00. The Balaban J connectivity index is 1.77. The molecule has 3 rings (SSSR count). The van der Waals surface area contributed by atoms with E-state index in [1.54, 1.807) is 0 Å². The van der Waals surface area contributed by atoms with Gasteiger partial charge in [0.15, 0.2) is 0 Å². The number of ether oxygens (including phenoxy) is 1. The van der Waals surface area contributed by atoms with E-state index in [4.69, 9.17) is 4.74 Å². The molecule has 1 N–H and O–H groups in total. The molecule has 1 aliphatic carbocycles. The van der Waals surface area contributed by atoms with Crippen LogP contribution >= 0.6 is 0 Å². The van der Waals surface area contributed by atoms with E-state index in [9.17, 15) is 0 Å². The Kier molecular flexibility index (Phi) is 4.26. The van der Waals surface area contributed by atoms with E-state index in [-0.39, 0.29) is 0 Å². The second-order valence-electron chi connectivity index (χ2n) is 5.75. The highest BCUT2D eigenvalue weighted by Crippen LogP contribution is 2.29. The quantitative estimate of drug-likeness (QED) is 0.837. The molecule has 21 heavy (non-hydrogen) atoms. The molecule has 1 unspecified atom stereocenters. The zero-order valence-electron chi connectivity index (χ0n) is 12.8. The van der Waals surface area contributed by atoms with Crippen LogP contribution in [0.4, 0.5) is 0 Å². The van der Waals surface area contributed by atoms with Gasteiger partial charge in [-0.2, -0.15) is 0 Å². The maximum absolute atomic E-state index is 5.80. The summed E-state index contributed by atoms with van der Waals surface area (Å²) in [5.74, 6) is 0.985. The van der Waals surface area contributed by atoms with Crippen LogP contribution in [-0.4, -0.2) is 12.6 Å². The lowest BCUT2D eigenvalue weighted by molar-refractivity contribution is 0.303. The van der Waals surface area contributed by atoms with E-state index in [0.717, 1.165) is 12.3 Å². The fourth-order valence-corrected chi connectivity index (χ4v) is 2.52. The summed E-state index contributed by atoms with van der Waals surface area (Å²) in [5.41, 5.74) is 3.83. The molecule has 0 radical (unpaired) electrons. The summed E-state index contributed by atoms with van der Waals surface area (Å²) in [7, 11) is 0. The summed E-state index contributed by atoms with van der Waals surface area (Å²) in [6, 6.07) is 17.6. The Labute approximate surface area is 127 Å². The molecule has 110 valence electrons. The third kappa shape index (κ3) is 3.64. The predicted octanol–water partition coefficient (Wildman–Crippen LogP) is 4.57. The molecule has 1 aliphatic rings. The molecular formula is C19H23NO. The SMILES string of the molecule is CCNC(C)c1cccc(-c2ccc(OC3CC3)cc2)c1. The minimum absolute atomic E-state index is 0.382. The normalized spacial score (nSPS) is 15.7. The van der Waals surface area contributed by atoms with Crippen molar-refractivity contribution in [1.29, 1.82) is 0 Å². The van der Waals surface area contributed by atoms with Gasteiger partial charge in [-0.3, -0.25) is 0 Å². The molecule has 2 aromatic carbocycles. The predicted molar refractivity (Wildman–Crippen MR) is 87.6 cm³/mol. The maximum atomic E-state index is 5.80. The molecule has 2 nitrogen and oxygen atoms in total. The van der Waals surface area contributed by atoms with Crippen LogP contribution in [0.1, 0.15) is 38.3 Å². The molecule has 0 saturated heterocycles. The van der Waals surface area contributed by atoms with Crippen molar-refractivity contribution < 1.29 is 4.74 Å². The average molecular weight is 281 g/mol. The van der Waals surface area contributed by atoms with E-state index in [1.807, 2.05) is 0 Å². The van der Waals surface area contributed by atoms with Crippen LogP contribution in [0.3, 0.4) is 0 Å². The second-order valence-corrected chi connectivity index (χ2v) is 5.75. The molecule has 0 bridgehead atoms. The Morgan fingerprint density at radius 3 is 2.52 bits per heavy atom. The van der Waals surface area contributed by atoms with E-state index < -0.39 is 0 Å². The highest BCUT2D eigenvalue weighted by Gasteiger charge is 2.23. The molecule has 0 aliphatic heterocycles. The summed E-state index contributed by atoms with van der Waals surface area (Å²) < 4.78 is 5.80. The van der Waals surface area contributed by atoms with Crippen LogP contribution in [0, 0.1) is 0 Å². The molecular weight excluding hydrogens is 258 g/mol. The van der Waals surface area contributed by atoms with Crippen LogP contribution < -0.4 is 10.1 Å². The van der Waals surface area contributed by atoms with Gasteiger partial charge in [-0.05, 0) is 61.2 Å². The van der Waals surface area contributed by atoms with Crippen LogP contribution in [0.15, 0.2) is 48.5 Å². The molecule has 0 spiro atoms. The number of nitrogens with one attached hydrogen (secondary N) is 1. The van der Waals surface area contributed by atoms with Gasteiger partial charge in [0.05, 0.1) is 6.10 Å². The van der Waals surface area contributed by atoms with Crippen molar-refractivity contribution in [1.82, 2.24) is 5.32 Å². The molecule has 1 atom stereocenters. The van der Waals surface area contributed by atoms with Gasteiger partial charge in [-0.1, -0.05) is 37.3 Å². The second kappa shape index (κ2) is 6.31. The zero-order valence-corrected chi connectivity index (χ0v) is 12.8. The molecule has 2 aromatic rings. The number of hydrogen-bond acceptors (Lipinski definition) is 2. The Bertz CT molecular complexity index is 587. The van der Waals surface area contributed by atoms with Gasteiger partial charge in [0.2, 0.25) is 0 Å². The zero-order chi connectivity index (χ0) is 14.7. The van der Waals surface area contributed by atoms with Crippen molar-refractivity contribution >= 4 is 0 Å². The van der Waals surface area contributed by atoms with Crippen molar-refractivity contribution in [2.24, 2.45) is 0 Å². The van der Waals surface area contributed by atoms with Gasteiger partial charge < -0.3 is 10.1 Å². The Morgan fingerprint density at radius 2 is 1.86 bits per heavy atom.